The maximum Gasteiger partial charge on any atom is 0.251 e. The van der Waals surface area contributed by atoms with Crippen LogP contribution in [-0.2, 0) is 6.42 Å². The van der Waals surface area contributed by atoms with E-state index >= 15 is 0 Å². The molecule has 0 fully saturated rings. The van der Waals surface area contributed by atoms with Crippen LogP contribution in [0, 0.1) is 19.7 Å². The van der Waals surface area contributed by atoms with Gasteiger partial charge in [0.05, 0.1) is 5.69 Å². The van der Waals surface area contributed by atoms with E-state index in [0.29, 0.717) is 18.5 Å². The van der Waals surface area contributed by atoms with Gasteiger partial charge in [-0.05, 0) is 38.1 Å². The normalized spacial score (nSPS) is 10.7. The van der Waals surface area contributed by atoms with Gasteiger partial charge >= 0.3 is 0 Å². The van der Waals surface area contributed by atoms with Crippen molar-refractivity contribution in [3.63, 3.8) is 0 Å². The number of nitrogens with zero attached hydrogens (tertiary/aromatic N) is 1. The smallest absolute Gasteiger partial charge is 0.251 e. The molecule has 0 saturated carbocycles. The van der Waals surface area contributed by atoms with E-state index < -0.39 is 0 Å². The van der Waals surface area contributed by atoms with Gasteiger partial charge in [0, 0.05) is 29.5 Å². The second kappa shape index (κ2) is 7.57. The molecule has 0 unspecified atom stereocenters. The number of aromatic nitrogens is 1. The van der Waals surface area contributed by atoms with Gasteiger partial charge in [-0.1, -0.05) is 29.3 Å². The molecule has 0 spiro atoms. The van der Waals surface area contributed by atoms with Gasteiger partial charge in [-0.15, -0.1) is 11.3 Å². The summed E-state index contributed by atoms with van der Waals surface area (Å²) in [6.07, 6.45) is 0.641. The second-order valence-electron chi connectivity index (χ2n) is 6.04. The predicted octanol–water partition coefficient (Wildman–Crippen LogP) is 4.54. The Hall–Kier alpha value is -2.53. The van der Waals surface area contributed by atoms with Crippen molar-refractivity contribution < 1.29 is 9.18 Å². The number of carbonyl (C=O) groups excluding carboxylic acids is 1. The molecule has 0 radical (unpaired) electrons. The van der Waals surface area contributed by atoms with Gasteiger partial charge in [0.1, 0.15) is 10.8 Å². The van der Waals surface area contributed by atoms with Crippen LogP contribution in [0.5, 0.6) is 0 Å². The van der Waals surface area contributed by atoms with Crippen LogP contribution in [0.15, 0.2) is 47.8 Å². The van der Waals surface area contributed by atoms with Crippen molar-refractivity contribution in [2.45, 2.75) is 20.3 Å². The lowest BCUT2D eigenvalue weighted by Gasteiger charge is -2.06. The predicted molar refractivity (Wildman–Crippen MR) is 99.5 cm³/mol. The van der Waals surface area contributed by atoms with Crippen LogP contribution >= 0.6 is 11.3 Å². The molecule has 0 saturated heterocycles. The van der Waals surface area contributed by atoms with E-state index in [1.165, 1.54) is 23.5 Å². The van der Waals surface area contributed by atoms with Crippen LogP contribution in [-0.4, -0.2) is 17.4 Å². The van der Waals surface area contributed by atoms with Crippen LogP contribution in [0.1, 0.15) is 27.2 Å². The van der Waals surface area contributed by atoms with Gasteiger partial charge in [0.2, 0.25) is 0 Å². The SMILES string of the molecule is Cc1cc(C)cc(C(=O)NCCc2csc(-c3cccc(F)c3)n2)c1. The molecule has 1 N–H and O–H groups in total. The number of carbonyl (C=O) groups is 1. The van der Waals surface area contributed by atoms with E-state index in [1.54, 1.807) is 6.07 Å². The number of aryl methyl sites for hydroxylation is 2. The van der Waals surface area contributed by atoms with Gasteiger partial charge in [-0.3, -0.25) is 4.79 Å². The number of halogens is 1. The van der Waals surface area contributed by atoms with Crippen LogP contribution in [0.3, 0.4) is 0 Å². The highest BCUT2D eigenvalue weighted by Crippen LogP contribution is 2.24. The summed E-state index contributed by atoms with van der Waals surface area (Å²) >= 11 is 1.48. The van der Waals surface area contributed by atoms with Gasteiger partial charge in [-0.25, -0.2) is 9.37 Å². The maximum absolute atomic E-state index is 13.3. The van der Waals surface area contributed by atoms with Crippen LogP contribution in [0.4, 0.5) is 4.39 Å². The highest BCUT2D eigenvalue weighted by atomic mass is 32.1. The van der Waals surface area contributed by atoms with Crippen molar-refractivity contribution in [3.8, 4) is 10.6 Å². The molecular formula is C20H19FN2OS. The molecule has 0 aliphatic heterocycles. The lowest BCUT2D eigenvalue weighted by atomic mass is 10.1. The highest BCUT2D eigenvalue weighted by molar-refractivity contribution is 7.13. The molecule has 3 aromatic rings. The zero-order valence-electron chi connectivity index (χ0n) is 14.2. The van der Waals surface area contributed by atoms with Gasteiger partial charge in [-0.2, -0.15) is 0 Å². The maximum atomic E-state index is 13.3. The summed E-state index contributed by atoms with van der Waals surface area (Å²) in [4.78, 5) is 16.8. The summed E-state index contributed by atoms with van der Waals surface area (Å²) in [7, 11) is 0. The first-order valence-corrected chi connectivity index (χ1v) is 8.96. The minimum absolute atomic E-state index is 0.0765. The molecule has 1 aromatic heterocycles. The first-order valence-electron chi connectivity index (χ1n) is 8.08. The monoisotopic (exact) mass is 354 g/mol. The molecule has 0 atom stereocenters. The van der Waals surface area contributed by atoms with E-state index in [2.05, 4.69) is 10.3 Å². The van der Waals surface area contributed by atoms with E-state index in [9.17, 15) is 9.18 Å². The summed E-state index contributed by atoms with van der Waals surface area (Å²) in [6.45, 7) is 4.47. The first kappa shape index (κ1) is 17.3. The van der Waals surface area contributed by atoms with Crippen molar-refractivity contribution in [3.05, 3.63) is 76.0 Å². The van der Waals surface area contributed by atoms with E-state index in [0.717, 1.165) is 27.4 Å². The van der Waals surface area contributed by atoms with E-state index in [4.69, 9.17) is 0 Å². The Kier molecular flexibility index (Phi) is 5.24. The topological polar surface area (TPSA) is 42.0 Å². The molecule has 3 nitrogen and oxygen atoms in total. The average Bonchev–Trinajstić information content (AvgIpc) is 3.03. The summed E-state index contributed by atoms with van der Waals surface area (Å²) < 4.78 is 13.3. The molecule has 25 heavy (non-hydrogen) atoms. The fourth-order valence-electron chi connectivity index (χ4n) is 2.69. The minimum Gasteiger partial charge on any atom is -0.352 e. The fraction of sp³-hybridized carbons (Fsp3) is 0.200. The van der Waals surface area contributed by atoms with Crippen LogP contribution in [0.2, 0.25) is 0 Å². The van der Waals surface area contributed by atoms with Crippen LogP contribution < -0.4 is 5.32 Å². The molecule has 3 rings (SSSR count). The molecule has 128 valence electrons. The Morgan fingerprint density at radius 3 is 2.64 bits per heavy atom. The molecule has 0 bridgehead atoms. The number of benzene rings is 2. The molecule has 5 heteroatoms. The Bertz CT molecular complexity index is 884. The Morgan fingerprint density at radius 2 is 1.92 bits per heavy atom. The number of rotatable bonds is 5. The fourth-order valence-corrected chi connectivity index (χ4v) is 3.54. The third-order valence-corrected chi connectivity index (χ3v) is 4.71. The van der Waals surface area contributed by atoms with E-state index in [1.807, 2.05) is 43.5 Å². The van der Waals surface area contributed by atoms with Crippen molar-refractivity contribution in [2.75, 3.05) is 6.54 Å². The number of hydrogen-bond acceptors (Lipinski definition) is 3. The van der Waals surface area contributed by atoms with E-state index in [-0.39, 0.29) is 11.7 Å². The van der Waals surface area contributed by atoms with Gasteiger partial charge < -0.3 is 5.32 Å². The summed E-state index contributed by atoms with van der Waals surface area (Å²) in [5.41, 5.74) is 4.49. The van der Waals surface area contributed by atoms with Crippen molar-refractivity contribution in [1.29, 1.82) is 0 Å². The Morgan fingerprint density at radius 1 is 1.16 bits per heavy atom. The quantitative estimate of drug-likeness (QED) is 0.731. The molecule has 0 aliphatic carbocycles. The van der Waals surface area contributed by atoms with Crippen molar-refractivity contribution >= 4 is 17.2 Å². The third kappa shape index (κ3) is 4.51. The summed E-state index contributed by atoms with van der Waals surface area (Å²) in [5, 5.41) is 5.66. The zero-order chi connectivity index (χ0) is 17.8. The number of thiazole rings is 1. The summed E-state index contributed by atoms with van der Waals surface area (Å²) in [5.74, 6) is -0.345. The van der Waals surface area contributed by atoms with Crippen molar-refractivity contribution in [2.24, 2.45) is 0 Å². The highest BCUT2D eigenvalue weighted by Gasteiger charge is 2.08. The third-order valence-electron chi connectivity index (χ3n) is 3.77. The standard InChI is InChI=1S/C20H19FN2OS/c1-13-8-14(2)10-16(9-13)19(24)22-7-6-18-12-25-20(23-18)15-4-3-5-17(21)11-15/h3-5,8-12H,6-7H2,1-2H3,(H,22,24). The van der Waals surface area contributed by atoms with Gasteiger partial charge in [0.15, 0.2) is 0 Å². The van der Waals surface area contributed by atoms with Crippen molar-refractivity contribution in [1.82, 2.24) is 10.3 Å². The Balaban J connectivity index is 1.58. The average molecular weight is 354 g/mol. The molecule has 2 aromatic carbocycles. The Labute approximate surface area is 150 Å². The van der Waals surface area contributed by atoms with Crippen LogP contribution in [0.25, 0.3) is 10.6 Å². The zero-order valence-corrected chi connectivity index (χ0v) is 15.0. The largest absolute Gasteiger partial charge is 0.352 e. The second-order valence-corrected chi connectivity index (χ2v) is 6.89. The summed E-state index contributed by atoms with van der Waals surface area (Å²) in [6, 6.07) is 12.2. The number of hydrogen-bond donors (Lipinski definition) is 1. The number of nitrogens with one attached hydrogen (secondary N) is 1. The molecule has 0 aliphatic rings. The molecule has 1 heterocycles. The number of amides is 1. The lowest BCUT2D eigenvalue weighted by molar-refractivity contribution is 0.0954. The minimum atomic E-state index is -0.269. The molecule has 1 amide bonds. The van der Waals surface area contributed by atoms with Gasteiger partial charge in [0.25, 0.3) is 5.91 Å². The first-order chi connectivity index (χ1) is 12.0. The lowest BCUT2D eigenvalue weighted by Crippen LogP contribution is -2.25. The molecular weight excluding hydrogens is 335 g/mol.